The number of carbonyl (C=O) groups excluding carboxylic acids is 3. The second-order valence-electron chi connectivity index (χ2n) is 22.3. The highest BCUT2D eigenvalue weighted by molar-refractivity contribution is 5.70. The summed E-state index contributed by atoms with van der Waals surface area (Å²) in [5.74, 6) is -2.28. The number of hydrogen-bond donors (Lipinski definition) is 0. The molecule has 0 N–H and O–H groups in total. The number of hydrogen-bond acceptors (Lipinski definition) is 8. The predicted molar refractivity (Wildman–Crippen MR) is 315 cm³/mol. The number of esters is 2. The van der Waals surface area contributed by atoms with Crippen LogP contribution in [0.25, 0.3) is 0 Å². The normalized spacial score (nSPS) is 13.1. The van der Waals surface area contributed by atoms with Crippen molar-refractivity contribution in [3.63, 3.8) is 0 Å². The number of ether oxygens (including phenoxy) is 4. The van der Waals surface area contributed by atoms with E-state index in [2.05, 4.69) is 74.6 Å². The maximum Gasteiger partial charge on any atom is 0.306 e. The van der Waals surface area contributed by atoms with E-state index < -0.39 is 24.3 Å². The van der Waals surface area contributed by atoms with E-state index >= 15 is 0 Å². The number of allylic oxidation sites excluding steroid dienone is 10. The lowest BCUT2D eigenvalue weighted by molar-refractivity contribution is -0.870. The summed E-state index contributed by atoms with van der Waals surface area (Å²) >= 11 is 0. The molecule has 0 aliphatic carbocycles. The summed E-state index contributed by atoms with van der Waals surface area (Å²) < 4.78 is 22.7. The molecule has 0 spiro atoms. The molecule has 9 heteroatoms. The van der Waals surface area contributed by atoms with E-state index in [9.17, 15) is 19.5 Å². The molecule has 2 atom stereocenters. The molecule has 0 radical (unpaired) electrons. The third-order valence-electron chi connectivity index (χ3n) is 13.7. The molecule has 0 aromatic rings. The summed E-state index contributed by atoms with van der Waals surface area (Å²) in [6.45, 7) is 4.65. The van der Waals surface area contributed by atoms with Gasteiger partial charge in [0.25, 0.3) is 0 Å². The van der Waals surface area contributed by atoms with Crippen LogP contribution < -0.4 is 5.11 Å². The molecule has 9 nitrogen and oxygen atoms in total. The van der Waals surface area contributed by atoms with E-state index in [-0.39, 0.29) is 38.6 Å². The zero-order chi connectivity index (χ0) is 54.8. The van der Waals surface area contributed by atoms with Crippen LogP contribution in [0.3, 0.4) is 0 Å². The Bertz CT molecular complexity index is 1410. The van der Waals surface area contributed by atoms with Crippen LogP contribution in [0.2, 0.25) is 0 Å². The van der Waals surface area contributed by atoms with Gasteiger partial charge in [0.05, 0.1) is 40.3 Å². The number of likely N-dealkylation sites (N-methyl/N-ethyl adjacent to an activating group) is 1. The molecule has 0 aliphatic heterocycles. The first-order valence-corrected chi connectivity index (χ1v) is 31.4. The van der Waals surface area contributed by atoms with Crippen LogP contribution in [0, 0.1) is 0 Å². The minimum absolute atomic E-state index is 0.147. The highest BCUT2D eigenvalue weighted by atomic mass is 16.7. The van der Waals surface area contributed by atoms with Crippen LogP contribution in [0.15, 0.2) is 60.8 Å². The number of carboxylic acid groups (broad SMARTS) is 1. The number of rotatable bonds is 58. The summed E-state index contributed by atoms with van der Waals surface area (Å²) in [6.07, 6.45) is 70.1. The van der Waals surface area contributed by atoms with Gasteiger partial charge < -0.3 is 33.3 Å². The van der Waals surface area contributed by atoms with Crippen LogP contribution in [0.4, 0.5) is 0 Å². The number of quaternary nitrogens is 1. The summed E-state index contributed by atoms with van der Waals surface area (Å²) in [5.41, 5.74) is 0. The van der Waals surface area contributed by atoms with E-state index in [4.69, 9.17) is 18.9 Å². The van der Waals surface area contributed by atoms with E-state index in [0.717, 1.165) is 77.0 Å². The van der Waals surface area contributed by atoms with E-state index in [1.165, 1.54) is 173 Å². The van der Waals surface area contributed by atoms with Gasteiger partial charge in [-0.2, -0.15) is 0 Å². The lowest BCUT2D eigenvalue weighted by atomic mass is 10.0. The Hall–Kier alpha value is -3.01. The molecule has 0 aromatic heterocycles. The number of carboxylic acids is 1. The van der Waals surface area contributed by atoms with Gasteiger partial charge in [-0.15, -0.1) is 0 Å². The number of unbranched alkanes of at least 4 members (excludes halogenated alkanes) is 33. The fourth-order valence-electron chi connectivity index (χ4n) is 8.94. The van der Waals surface area contributed by atoms with Crippen molar-refractivity contribution in [2.75, 3.05) is 47.5 Å². The maximum atomic E-state index is 12.9. The van der Waals surface area contributed by atoms with Crippen LogP contribution in [0.5, 0.6) is 0 Å². The van der Waals surface area contributed by atoms with Crippen molar-refractivity contribution in [2.45, 2.75) is 296 Å². The van der Waals surface area contributed by atoms with E-state index in [0.29, 0.717) is 17.4 Å². The molecule has 0 aromatic carbocycles. The Balaban J connectivity index is 4.04. The lowest BCUT2D eigenvalue weighted by Crippen LogP contribution is -2.44. The first-order valence-electron chi connectivity index (χ1n) is 31.4. The Morgan fingerprint density at radius 3 is 1.15 bits per heavy atom. The van der Waals surface area contributed by atoms with Crippen LogP contribution in [-0.2, 0) is 33.3 Å². The molecule has 0 amide bonds. The number of aliphatic carboxylic acids is 1. The van der Waals surface area contributed by atoms with Gasteiger partial charge in [-0.25, -0.2) is 0 Å². The molecule has 0 heterocycles. The summed E-state index contributed by atoms with van der Waals surface area (Å²) in [7, 11) is 5.93. The molecule has 0 rings (SSSR count). The third kappa shape index (κ3) is 58.5. The summed E-state index contributed by atoms with van der Waals surface area (Å²) in [5, 5.41) is 11.8. The van der Waals surface area contributed by atoms with Crippen molar-refractivity contribution in [1.82, 2.24) is 0 Å². The van der Waals surface area contributed by atoms with Gasteiger partial charge in [0.15, 0.2) is 12.4 Å². The van der Waals surface area contributed by atoms with Gasteiger partial charge in [-0.1, -0.05) is 254 Å². The van der Waals surface area contributed by atoms with Gasteiger partial charge >= 0.3 is 11.9 Å². The summed E-state index contributed by atoms with van der Waals surface area (Å²) in [4.78, 5) is 37.3. The Morgan fingerprint density at radius 1 is 0.413 bits per heavy atom. The average Bonchev–Trinajstić information content (AvgIpc) is 3.38. The van der Waals surface area contributed by atoms with Crippen LogP contribution in [0.1, 0.15) is 284 Å². The fourth-order valence-corrected chi connectivity index (χ4v) is 8.94. The largest absolute Gasteiger partial charge is 0.545 e. The number of carbonyl (C=O) groups is 3. The van der Waals surface area contributed by atoms with Crippen molar-refractivity contribution in [3.8, 4) is 0 Å². The molecule has 75 heavy (non-hydrogen) atoms. The number of nitrogens with zero attached hydrogens (tertiary/aromatic N) is 1. The van der Waals surface area contributed by atoms with Crippen molar-refractivity contribution in [2.24, 2.45) is 0 Å². The molecule has 0 fully saturated rings. The molecular weight excluding hydrogens is 935 g/mol. The highest BCUT2D eigenvalue weighted by Gasteiger charge is 2.22. The van der Waals surface area contributed by atoms with Crippen LogP contribution in [-0.4, -0.2) is 82.3 Å². The highest BCUT2D eigenvalue weighted by Crippen LogP contribution is 2.17. The zero-order valence-electron chi connectivity index (χ0n) is 49.7. The van der Waals surface area contributed by atoms with Gasteiger partial charge in [0, 0.05) is 12.8 Å². The molecule has 0 saturated carbocycles. The van der Waals surface area contributed by atoms with Gasteiger partial charge in [-0.05, 0) is 77.0 Å². The monoisotopic (exact) mass is 1050 g/mol. The zero-order valence-corrected chi connectivity index (χ0v) is 49.7. The lowest BCUT2D eigenvalue weighted by Gasteiger charge is -2.26. The second-order valence-corrected chi connectivity index (χ2v) is 22.3. The smallest absolute Gasteiger partial charge is 0.306 e. The van der Waals surface area contributed by atoms with Crippen molar-refractivity contribution in [1.29, 1.82) is 0 Å². The second kappa shape index (κ2) is 57.2. The van der Waals surface area contributed by atoms with Gasteiger partial charge in [-0.3, -0.25) is 9.59 Å². The molecule has 0 aliphatic rings. The minimum atomic E-state index is -1.62. The molecule has 0 bridgehead atoms. The fraction of sp³-hybridized carbons (Fsp3) is 0.803. The van der Waals surface area contributed by atoms with Gasteiger partial charge in [0.1, 0.15) is 13.2 Å². The Morgan fingerprint density at radius 2 is 0.760 bits per heavy atom. The standard InChI is InChI=1S/C66H119NO8/c1-6-8-10-12-14-16-18-20-22-23-24-25-26-27-28-29-30-31-32-33-34-35-36-37-38-39-40-41-43-45-47-49-51-53-55-57-64(69)75-62(61-74-66(65(70)71)72-59-58-67(3,4)5)60-73-63(68)56-54-52-50-48-46-44-42-21-19-17-15-13-11-9-7-2/h8,10,14,16,20-22,24-25,42,62,66H,6-7,9,11-13,15,17-19,23,26-41,43-61H2,1-5H3/b10-8-,16-14-,22-20-,25-24-,42-21-. The van der Waals surface area contributed by atoms with Gasteiger partial charge in [0.2, 0.25) is 0 Å². The predicted octanol–water partition coefficient (Wildman–Crippen LogP) is 17.5. The average molecular weight is 1050 g/mol. The van der Waals surface area contributed by atoms with E-state index in [1.807, 2.05) is 21.1 Å². The Kier molecular flexibility index (Phi) is 54.9. The SMILES string of the molecule is CC/C=C\C/C=C\C/C=C\C/C=C\CCCCCCCCCCCCCCCCCCCCCCCCC(=O)OC(COC(=O)CCCCCCC/C=C\CCCCCCCC)COC(OCC[N+](C)(C)C)C(=O)[O-]. The Labute approximate surface area is 463 Å². The maximum absolute atomic E-state index is 12.9. The molecule has 0 saturated heterocycles. The quantitative estimate of drug-likeness (QED) is 0.0195. The topological polar surface area (TPSA) is 111 Å². The van der Waals surface area contributed by atoms with Crippen molar-refractivity contribution < 1.29 is 42.9 Å². The molecule has 436 valence electrons. The minimum Gasteiger partial charge on any atom is -0.545 e. The first kappa shape index (κ1) is 72.0. The first-order chi connectivity index (χ1) is 36.6. The molecular formula is C66H119NO8. The van der Waals surface area contributed by atoms with Crippen molar-refractivity contribution >= 4 is 17.9 Å². The van der Waals surface area contributed by atoms with Crippen LogP contribution >= 0.6 is 0 Å². The third-order valence-corrected chi connectivity index (χ3v) is 13.7. The summed E-state index contributed by atoms with van der Waals surface area (Å²) in [6, 6.07) is 0. The van der Waals surface area contributed by atoms with E-state index in [1.54, 1.807) is 0 Å². The van der Waals surface area contributed by atoms with Crippen molar-refractivity contribution in [3.05, 3.63) is 60.8 Å². The molecule has 2 unspecified atom stereocenters.